The number of carbonyl (C=O) groups is 2. The van der Waals surface area contributed by atoms with Crippen molar-refractivity contribution in [1.82, 2.24) is 4.90 Å². The minimum absolute atomic E-state index is 0.249. The fourth-order valence-corrected chi connectivity index (χ4v) is 5.20. The van der Waals surface area contributed by atoms with E-state index in [4.69, 9.17) is 4.74 Å². The lowest BCUT2D eigenvalue weighted by Crippen LogP contribution is -2.27. The van der Waals surface area contributed by atoms with Gasteiger partial charge >= 0.3 is 0 Å². The number of rotatable bonds is 6. The molecule has 0 unspecified atom stereocenters. The summed E-state index contributed by atoms with van der Waals surface area (Å²) in [6, 6.07) is 29.5. The molecule has 0 bridgehead atoms. The van der Waals surface area contributed by atoms with Crippen molar-refractivity contribution in [2.75, 3.05) is 0 Å². The second-order valence-corrected chi connectivity index (χ2v) is 9.72. The van der Waals surface area contributed by atoms with Gasteiger partial charge in [0.1, 0.15) is 12.4 Å². The standard InChI is InChI=1S/C28H20BrNO3S/c29-24-15-20(13-14-25(24)33-18-19-7-2-1-3-8-19)16-26-27(31)30(28(32)34-26)17-22-11-6-10-21-9-4-5-12-23(21)22/h1-16H,17-18H2/b26-16+. The summed E-state index contributed by atoms with van der Waals surface area (Å²) >= 11 is 4.52. The fraction of sp³-hybridized carbons (Fsp3) is 0.0714. The number of fused-ring (bicyclic) bond motifs is 1. The van der Waals surface area contributed by atoms with Crippen molar-refractivity contribution in [1.29, 1.82) is 0 Å². The maximum absolute atomic E-state index is 13.1. The zero-order chi connectivity index (χ0) is 23.5. The minimum Gasteiger partial charge on any atom is -0.488 e. The van der Waals surface area contributed by atoms with Gasteiger partial charge in [-0.25, -0.2) is 0 Å². The predicted octanol–water partition coefficient (Wildman–Crippen LogP) is 7.42. The van der Waals surface area contributed by atoms with Crippen LogP contribution in [0.25, 0.3) is 16.8 Å². The molecule has 6 heteroatoms. The van der Waals surface area contributed by atoms with Crippen molar-refractivity contribution in [3.05, 3.63) is 117 Å². The van der Waals surface area contributed by atoms with Crippen LogP contribution in [0.4, 0.5) is 4.79 Å². The lowest BCUT2D eigenvalue weighted by molar-refractivity contribution is -0.123. The molecule has 1 heterocycles. The number of carbonyl (C=O) groups excluding carboxylic acids is 2. The third-order valence-corrected chi connectivity index (χ3v) is 7.10. The summed E-state index contributed by atoms with van der Waals surface area (Å²) in [4.78, 5) is 27.4. The molecule has 0 aliphatic carbocycles. The Bertz CT molecular complexity index is 1410. The Morgan fingerprint density at radius 1 is 0.882 bits per heavy atom. The zero-order valence-electron chi connectivity index (χ0n) is 18.1. The molecule has 0 aromatic heterocycles. The number of amides is 2. The topological polar surface area (TPSA) is 46.6 Å². The molecule has 34 heavy (non-hydrogen) atoms. The van der Waals surface area contributed by atoms with E-state index in [0.717, 1.165) is 43.7 Å². The molecule has 0 saturated carbocycles. The molecule has 1 aliphatic heterocycles. The Morgan fingerprint density at radius 3 is 2.47 bits per heavy atom. The molecule has 1 fully saturated rings. The van der Waals surface area contributed by atoms with Crippen LogP contribution in [0.2, 0.25) is 0 Å². The van der Waals surface area contributed by atoms with Crippen LogP contribution in [0.15, 0.2) is 100 Å². The van der Waals surface area contributed by atoms with Crippen LogP contribution in [0.3, 0.4) is 0 Å². The molecule has 2 amide bonds. The summed E-state index contributed by atoms with van der Waals surface area (Å²) in [6.45, 7) is 0.713. The molecule has 0 atom stereocenters. The fourth-order valence-electron chi connectivity index (χ4n) is 3.85. The minimum atomic E-state index is -0.275. The molecule has 4 aromatic rings. The van der Waals surface area contributed by atoms with Gasteiger partial charge in [-0.15, -0.1) is 0 Å². The average molecular weight is 530 g/mol. The lowest BCUT2D eigenvalue weighted by atomic mass is 10.0. The number of thioether (sulfide) groups is 1. The lowest BCUT2D eigenvalue weighted by Gasteiger charge is -2.14. The first-order valence-electron chi connectivity index (χ1n) is 10.8. The van der Waals surface area contributed by atoms with E-state index in [9.17, 15) is 9.59 Å². The summed E-state index contributed by atoms with van der Waals surface area (Å²) < 4.78 is 6.69. The second kappa shape index (κ2) is 9.87. The molecule has 1 saturated heterocycles. The van der Waals surface area contributed by atoms with E-state index in [1.807, 2.05) is 91.0 Å². The van der Waals surface area contributed by atoms with Gasteiger partial charge in [-0.1, -0.05) is 78.9 Å². The van der Waals surface area contributed by atoms with Gasteiger partial charge in [0, 0.05) is 0 Å². The molecule has 168 valence electrons. The van der Waals surface area contributed by atoms with E-state index in [2.05, 4.69) is 15.9 Å². The number of hydrogen-bond donors (Lipinski definition) is 0. The Labute approximate surface area is 210 Å². The molecule has 0 radical (unpaired) electrons. The van der Waals surface area contributed by atoms with E-state index in [-0.39, 0.29) is 17.7 Å². The summed E-state index contributed by atoms with van der Waals surface area (Å²) in [5.41, 5.74) is 2.84. The van der Waals surface area contributed by atoms with Crippen molar-refractivity contribution in [2.24, 2.45) is 0 Å². The molecule has 4 aromatic carbocycles. The highest BCUT2D eigenvalue weighted by molar-refractivity contribution is 9.10. The maximum Gasteiger partial charge on any atom is 0.293 e. The summed E-state index contributed by atoms with van der Waals surface area (Å²) in [6.07, 6.45) is 1.75. The number of nitrogens with zero attached hydrogens (tertiary/aromatic N) is 1. The monoisotopic (exact) mass is 529 g/mol. The van der Waals surface area contributed by atoms with E-state index in [1.165, 1.54) is 4.90 Å². The van der Waals surface area contributed by atoms with Crippen LogP contribution in [0.5, 0.6) is 5.75 Å². The van der Waals surface area contributed by atoms with Crippen molar-refractivity contribution < 1.29 is 14.3 Å². The van der Waals surface area contributed by atoms with Crippen LogP contribution in [0.1, 0.15) is 16.7 Å². The van der Waals surface area contributed by atoms with E-state index in [0.29, 0.717) is 17.3 Å². The normalized spacial score (nSPS) is 14.9. The van der Waals surface area contributed by atoms with Crippen LogP contribution >= 0.6 is 27.7 Å². The Balaban J connectivity index is 1.32. The number of hydrogen-bond acceptors (Lipinski definition) is 4. The Hall–Kier alpha value is -3.35. The Morgan fingerprint density at radius 2 is 1.65 bits per heavy atom. The zero-order valence-corrected chi connectivity index (χ0v) is 20.5. The molecular formula is C28H20BrNO3S. The van der Waals surface area contributed by atoms with Crippen LogP contribution in [-0.2, 0) is 17.9 Å². The molecule has 0 N–H and O–H groups in total. The van der Waals surface area contributed by atoms with Gasteiger partial charge in [0.05, 0.1) is 15.9 Å². The van der Waals surface area contributed by atoms with Crippen molar-refractivity contribution in [3.63, 3.8) is 0 Å². The van der Waals surface area contributed by atoms with Crippen molar-refractivity contribution >= 4 is 55.7 Å². The third-order valence-electron chi connectivity index (χ3n) is 5.57. The highest BCUT2D eigenvalue weighted by Crippen LogP contribution is 2.35. The van der Waals surface area contributed by atoms with Crippen molar-refractivity contribution in [3.8, 4) is 5.75 Å². The molecular weight excluding hydrogens is 510 g/mol. The smallest absolute Gasteiger partial charge is 0.293 e. The summed E-state index contributed by atoms with van der Waals surface area (Å²) in [7, 11) is 0. The van der Waals surface area contributed by atoms with Gasteiger partial charge in [0.25, 0.3) is 11.1 Å². The predicted molar refractivity (Wildman–Crippen MR) is 140 cm³/mol. The quantitative estimate of drug-likeness (QED) is 0.244. The Kier molecular flexibility index (Phi) is 6.52. The molecule has 5 rings (SSSR count). The molecule has 1 aliphatic rings. The van der Waals surface area contributed by atoms with E-state index in [1.54, 1.807) is 6.08 Å². The number of benzene rings is 4. The third kappa shape index (κ3) is 4.79. The average Bonchev–Trinajstić information content (AvgIpc) is 3.11. The van der Waals surface area contributed by atoms with Crippen molar-refractivity contribution in [2.45, 2.75) is 13.2 Å². The number of halogens is 1. The van der Waals surface area contributed by atoms with Gasteiger partial charge in [0.2, 0.25) is 0 Å². The van der Waals surface area contributed by atoms with Crippen LogP contribution in [0, 0.1) is 0 Å². The number of imide groups is 1. The van der Waals surface area contributed by atoms with Gasteiger partial charge in [0.15, 0.2) is 0 Å². The number of ether oxygens (including phenoxy) is 1. The molecule has 4 nitrogen and oxygen atoms in total. The van der Waals surface area contributed by atoms with E-state index >= 15 is 0 Å². The summed E-state index contributed by atoms with van der Waals surface area (Å²) in [5, 5.41) is 1.87. The first-order chi connectivity index (χ1) is 16.6. The highest BCUT2D eigenvalue weighted by atomic mass is 79.9. The van der Waals surface area contributed by atoms with Gasteiger partial charge in [-0.3, -0.25) is 14.5 Å². The van der Waals surface area contributed by atoms with Crippen LogP contribution in [-0.4, -0.2) is 16.0 Å². The van der Waals surface area contributed by atoms with Gasteiger partial charge in [-0.05, 0) is 73.4 Å². The highest BCUT2D eigenvalue weighted by Gasteiger charge is 2.35. The van der Waals surface area contributed by atoms with Gasteiger partial charge in [-0.2, -0.15) is 0 Å². The maximum atomic E-state index is 13.1. The largest absolute Gasteiger partial charge is 0.488 e. The summed E-state index contributed by atoms with van der Waals surface area (Å²) in [5.74, 6) is 0.438. The molecule has 0 spiro atoms. The van der Waals surface area contributed by atoms with Crippen LogP contribution < -0.4 is 4.74 Å². The first kappa shape index (κ1) is 22.4. The van der Waals surface area contributed by atoms with E-state index < -0.39 is 0 Å². The first-order valence-corrected chi connectivity index (χ1v) is 12.4. The SMILES string of the molecule is O=C1S/C(=C/c2ccc(OCc3ccccc3)c(Br)c2)C(=O)N1Cc1cccc2ccccc12. The second-order valence-electron chi connectivity index (χ2n) is 7.87. The van der Waals surface area contributed by atoms with Gasteiger partial charge < -0.3 is 4.74 Å².